The summed E-state index contributed by atoms with van der Waals surface area (Å²) in [4.78, 5) is 38.5. The summed E-state index contributed by atoms with van der Waals surface area (Å²) >= 11 is 0. The zero-order chi connectivity index (χ0) is 25.0. The molecule has 0 aromatic heterocycles. The van der Waals surface area contributed by atoms with E-state index in [1.807, 2.05) is 30.3 Å². The van der Waals surface area contributed by atoms with Crippen molar-refractivity contribution >= 4 is 17.7 Å². The summed E-state index contributed by atoms with van der Waals surface area (Å²) in [7, 11) is 0. The fourth-order valence-electron chi connectivity index (χ4n) is 3.60. The van der Waals surface area contributed by atoms with Crippen LogP contribution in [0.3, 0.4) is 0 Å². The van der Waals surface area contributed by atoms with Gasteiger partial charge in [0.2, 0.25) is 17.7 Å². The van der Waals surface area contributed by atoms with E-state index in [-0.39, 0.29) is 24.1 Å². The normalized spacial score (nSPS) is 12.6. The Morgan fingerprint density at radius 2 is 1.24 bits per heavy atom. The second kappa shape index (κ2) is 18.9. The van der Waals surface area contributed by atoms with Crippen molar-refractivity contribution in [3.63, 3.8) is 0 Å². The number of hydrogen-bond donors (Lipinski definition) is 6. The minimum absolute atomic E-state index is 0.185. The summed E-state index contributed by atoms with van der Waals surface area (Å²) in [6.07, 6.45) is 6.77. The molecule has 0 radical (unpaired) electrons. The molecular weight excluding hydrogens is 432 g/mol. The van der Waals surface area contributed by atoms with Crippen LogP contribution in [0.2, 0.25) is 0 Å². The van der Waals surface area contributed by atoms with Crippen molar-refractivity contribution in [2.24, 2.45) is 17.2 Å². The maximum absolute atomic E-state index is 13.1. The van der Waals surface area contributed by atoms with Gasteiger partial charge in [-0.05, 0) is 76.6 Å². The van der Waals surface area contributed by atoms with Crippen LogP contribution in [0.25, 0.3) is 0 Å². The summed E-state index contributed by atoms with van der Waals surface area (Å²) in [5, 5.41) is 8.62. The molecular formula is C25H44N6O3. The minimum Gasteiger partial charge on any atom is -0.354 e. The monoisotopic (exact) mass is 476 g/mol. The Morgan fingerprint density at radius 1 is 0.676 bits per heavy atom. The lowest BCUT2D eigenvalue weighted by atomic mass is 10.0. The van der Waals surface area contributed by atoms with E-state index < -0.39 is 12.1 Å². The van der Waals surface area contributed by atoms with Gasteiger partial charge in [-0.1, -0.05) is 36.8 Å². The van der Waals surface area contributed by atoms with E-state index in [1.165, 1.54) is 0 Å². The molecule has 0 spiro atoms. The first-order valence-electron chi connectivity index (χ1n) is 12.5. The third kappa shape index (κ3) is 13.3. The number of unbranched alkanes of at least 4 members (excludes halogenated alkanes) is 4. The van der Waals surface area contributed by atoms with Crippen LogP contribution in [0.5, 0.6) is 0 Å². The Morgan fingerprint density at radius 3 is 1.82 bits per heavy atom. The van der Waals surface area contributed by atoms with Gasteiger partial charge in [-0.15, -0.1) is 0 Å². The number of amides is 3. The predicted molar refractivity (Wildman–Crippen MR) is 136 cm³/mol. The lowest BCUT2D eigenvalue weighted by Crippen LogP contribution is -2.54. The summed E-state index contributed by atoms with van der Waals surface area (Å²) in [6, 6.07) is 7.97. The van der Waals surface area contributed by atoms with Crippen LogP contribution in [0.4, 0.5) is 0 Å². The second-order valence-electron chi connectivity index (χ2n) is 8.55. The van der Waals surface area contributed by atoms with E-state index in [0.717, 1.165) is 44.1 Å². The van der Waals surface area contributed by atoms with Crippen molar-refractivity contribution < 1.29 is 14.4 Å². The molecule has 3 amide bonds. The molecule has 9 heteroatoms. The number of rotatable bonds is 19. The highest BCUT2D eigenvalue weighted by Gasteiger charge is 2.26. The number of benzene rings is 1. The predicted octanol–water partition coefficient (Wildman–Crippen LogP) is 0.702. The van der Waals surface area contributed by atoms with E-state index >= 15 is 0 Å². The molecule has 0 aliphatic rings. The molecule has 192 valence electrons. The molecule has 2 atom stereocenters. The lowest BCUT2D eigenvalue weighted by Gasteiger charge is -2.23. The fourth-order valence-corrected chi connectivity index (χ4v) is 3.60. The molecule has 1 aromatic carbocycles. The number of carbonyl (C=O) groups excluding carboxylic acids is 3. The van der Waals surface area contributed by atoms with Crippen LogP contribution in [0, 0.1) is 0 Å². The molecule has 9 N–H and O–H groups in total. The standard InChI is InChI=1S/C25H44N6O3/c26-15-7-2-10-18-29-24(33)21(13-5-8-16-27)31-25(34)22(14-6-9-17-28)30-23(32)19-20-11-3-1-4-12-20/h1,3-4,11-12,21-22H,2,5-10,13-19,26-28H2,(H,29,33)(H,30,32)(H,31,34)/t21-,22-/m0/s1. The zero-order valence-corrected chi connectivity index (χ0v) is 20.4. The first-order valence-corrected chi connectivity index (χ1v) is 12.5. The van der Waals surface area contributed by atoms with Gasteiger partial charge >= 0.3 is 0 Å². The van der Waals surface area contributed by atoms with Gasteiger partial charge in [0.25, 0.3) is 0 Å². The van der Waals surface area contributed by atoms with E-state index in [4.69, 9.17) is 17.2 Å². The van der Waals surface area contributed by atoms with Crippen LogP contribution in [0.15, 0.2) is 30.3 Å². The SMILES string of the molecule is NCCCCCNC(=O)[C@H](CCCCN)NC(=O)[C@H](CCCCN)NC(=O)Cc1ccccc1. The molecule has 0 saturated heterocycles. The van der Waals surface area contributed by atoms with Gasteiger partial charge in [-0.3, -0.25) is 14.4 Å². The number of nitrogens with one attached hydrogen (secondary N) is 3. The molecule has 0 aliphatic carbocycles. The van der Waals surface area contributed by atoms with Gasteiger partial charge in [0.05, 0.1) is 6.42 Å². The Labute approximate surface area is 204 Å². The smallest absolute Gasteiger partial charge is 0.243 e. The average Bonchev–Trinajstić information content (AvgIpc) is 2.83. The Kier molecular flexibility index (Phi) is 16.4. The molecule has 1 rings (SSSR count). The second-order valence-corrected chi connectivity index (χ2v) is 8.55. The van der Waals surface area contributed by atoms with Crippen molar-refractivity contribution in [1.29, 1.82) is 0 Å². The molecule has 0 bridgehead atoms. The minimum atomic E-state index is -0.725. The highest BCUT2D eigenvalue weighted by Crippen LogP contribution is 2.07. The first-order chi connectivity index (χ1) is 16.5. The van der Waals surface area contributed by atoms with Crippen LogP contribution < -0.4 is 33.2 Å². The summed E-state index contributed by atoms with van der Waals surface area (Å²) in [5.41, 5.74) is 17.6. The lowest BCUT2D eigenvalue weighted by molar-refractivity contribution is -0.132. The van der Waals surface area contributed by atoms with Crippen molar-refractivity contribution in [2.75, 3.05) is 26.2 Å². The van der Waals surface area contributed by atoms with Crippen molar-refractivity contribution in [1.82, 2.24) is 16.0 Å². The Hall–Kier alpha value is -2.49. The quantitative estimate of drug-likeness (QED) is 0.161. The van der Waals surface area contributed by atoms with Crippen LogP contribution in [-0.4, -0.2) is 56.0 Å². The zero-order valence-electron chi connectivity index (χ0n) is 20.4. The molecule has 0 saturated carbocycles. The summed E-state index contributed by atoms with van der Waals surface area (Å²) in [6.45, 7) is 2.21. The van der Waals surface area contributed by atoms with Gasteiger partial charge in [0, 0.05) is 6.54 Å². The van der Waals surface area contributed by atoms with E-state index in [9.17, 15) is 14.4 Å². The Bertz CT molecular complexity index is 701. The summed E-state index contributed by atoms with van der Waals surface area (Å²) in [5.74, 6) is -0.799. The molecule has 1 aromatic rings. The Balaban J connectivity index is 2.75. The number of nitrogens with two attached hydrogens (primary N) is 3. The largest absolute Gasteiger partial charge is 0.354 e. The molecule has 34 heavy (non-hydrogen) atoms. The first kappa shape index (κ1) is 29.5. The molecule has 0 heterocycles. The van der Waals surface area contributed by atoms with Gasteiger partial charge in [0.1, 0.15) is 12.1 Å². The molecule has 9 nitrogen and oxygen atoms in total. The van der Waals surface area contributed by atoms with Crippen molar-refractivity contribution in [3.05, 3.63) is 35.9 Å². The highest BCUT2D eigenvalue weighted by molar-refractivity contribution is 5.92. The maximum Gasteiger partial charge on any atom is 0.243 e. The third-order valence-electron chi connectivity index (χ3n) is 5.57. The maximum atomic E-state index is 13.1. The van der Waals surface area contributed by atoms with E-state index in [0.29, 0.717) is 45.4 Å². The molecule has 0 unspecified atom stereocenters. The van der Waals surface area contributed by atoms with Crippen LogP contribution >= 0.6 is 0 Å². The van der Waals surface area contributed by atoms with Crippen molar-refractivity contribution in [3.8, 4) is 0 Å². The third-order valence-corrected chi connectivity index (χ3v) is 5.57. The topological polar surface area (TPSA) is 165 Å². The highest BCUT2D eigenvalue weighted by atomic mass is 16.2. The fraction of sp³-hybridized carbons (Fsp3) is 0.640. The molecule has 0 aliphatic heterocycles. The van der Waals surface area contributed by atoms with Gasteiger partial charge in [0.15, 0.2) is 0 Å². The van der Waals surface area contributed by atoms with E-state index in [2.05, 4.69) is 16.0 Å². The van der Waals surface area contributed by atoms with Gasteiger partial charge in [-0.25, -0.2) is 0 Å². The van der Waals surface area contributed by atoms with Crippen LogP contribution in [0.1, 0.15) is 63.4 Å². The van der Waals surface area contributed by atoms with Gasteiger partial charge < -0.3 is 33.2 Å². The number of carbonyl (C=O) groups is 3. The number of hydrogen-bond acceptors (Lipinski definition) is 6. The van der Waals surface area contributed by atoms with E-state index in [1.54, 1.807) is 0 Å². The average molecular weight is 477 g/mol. The van der Waals surface area contributed by atoms with Crippen molar-refractivity contribution in [2.45, 2.75) is 76.3 Å². The van der Waals surface area contributed by atoms with Crippen LogP contribution in [-0.2, 0) is 20.8 Å². The summed E-state index contributed by atoms with van der Waals surface area (Å²) < 4.78 is 0. The molecule has 0 fully saturated rings. The van der Waals surface area contributed by atoms with Gasteiger partial charge in [-0.2, -0.15) is 0 Å².